The highest BCUT2D eigenvalue weighted by Gasteiger charge is 2.14. The molecule has 0 saturated heterocycles. The molecule has 0 bridgehead atoms. The summed E-state index contributed by atoms with van der Waals surface area (Å²) in [5, 5.41) is 2.83. The number of carbonyl (C=O) groups excluding carboxylic acids is 2. The molecule has 0 atom stereocenters. The van der Waals surface area contributed by atoms with Crippen molar-refractivity contribution in [1.82, 2.24) is 0 Å². The van der Waals surface area contributed by atoms with Crippen LogP contribution in [-0.2, 0) is 9.59 Å². The number of hydrogen-bond donors (Lipinski definition) is 1. The Morgan fingerprint density at radius 3 is 2.33 bits per heavy atom. The number of anilines is 2. The van der Waals surface area contributed by atoms with Crippen LogP contribution < -0.4 is 10.2 Å². The first kappa shape index (κ1) is 17.7. The van der Waals surface area contributed by atoms with Gasteiger partial charge in [-0.3, -0.25) is 9.59 Å². The molecule has 0 aromatic heterocycles. The van der Waals surface area contributed by atoms with Gasteiger partial charge in [-0.15, -0.1) is 0 Å². The van der Waals surface area contributed by atoms with Crippen molar-refractivity contribution in [1.29, 1.82) is 0 Å². The summed E-state index contributed by atoms with van der Waals surface area (Å²) in [7, 11) is 0. The minimum absolute atomic E-state index is 0.128. The highest BCUT2D eigenvalue weighted by Crippen LogP contribution is 2.17. The minimum Gasteiger partial charge on any atom is -0.326 e. The molecule has 0 fully saturated rings. The summed E-state index contributed by atoms with van der Waals surface area (Å²) in [6.45, 7) is 5.51. The molecule has 2 aromatic carbocycles. The summed E-state index contributed by atoms with van der Waals surface area (Å²) < 4.78 is 13.3. The van der Waals surface area contributed by atoms with Crippen molar-refractivity contribution in [3.63, 3.8) is 0 Å². The van der Waals surface area contributed by atoms with Gasteiger partial charge in [-0.25, -0.2) is 4.39 Å². The first-order chi connectivity index (χ1) is 11.3. The van der Waals surface area contributed by atoms with Crippen molar-refractivity contribution < 1.29 is 14.0 Å². The van der Waals surface area contributed by atoms with Crippen molar-refractivity contribution in [2.45, 2.75) is 27.2 Å². The van der Waals surface area contributed by atoms with Crippen LogP contribution in [-0.4, -0.2) is 18.4 Å². The molecule has 5 heteroatoms. The van der Waals surface area contributed by atoms with E-state index in [9.17, 15) is 14.0 Å². The lowest BCUT2D eigenvalue weighted by Gasteiger charge is -2.21. The van der Waals surface area contributed by atoms with Crippen LogP contribution in [0.1, 0.15) is 24.5 Å². The maximum Gasteiger partial charge on any atom is 0.226 e. The highest BCUT2D eigenvalue weighted by atomic mass is 19.1. The average molecular weight is 328 g/mol. The molecule has 0 saturated carbocycles. The second kappa shape index (κ2) is 7.73. The van der Waals surface area contributed by atoms with Gasteiger partial charge in [0.05, 0.1) is 0 Å². The number of aryl methyl sites for hydroxylation is 2. The number of benzene rings is 2. The quantitative estimate of drug-likeness (QED) is 0.907. The second-order valence-electron chi connectivity index (χ2n) is 5.83. The molecule has 2 rings (SSSR count). The summed E-state index contributed by atoms with van der Waals surface area (Å²) in [4.78, 5) is 25.3. The average Bonchev–Trinajstić information content (AvgIpc) is 2.46. The van der Waals surface area contributed by atoms with Crippen LogP contribution in [0, 0.1) is 19.7 Å². The number of amides is 2. The predicted octanol–water partition coefficient (Wildman–Crippen LogP) is 3.82. The van der Waals surface area contributed by atoms with Crippen molar-refractivity contribution in [3.8, 4) is 0 Å². The second-order valence-corrected chi connectivity index (χ2v) is 5.83. The molecule has 0 aliphatic carbocycles. The van der Waals surface area contributed by atoms with E-state index in [0.29, 0.717) is 5.69 Å². The molecule has 0 heterocycles. The van der Waals surface area contributed by atoms with E-state index in [1.807, 2.05) is 32.0 Å². The third-order valence-electron chi connectivity index (χ3n) is 3.57. The molecular weight excluding hydrogens is 307 g/mol. The van der Waals surface area contributed by atoms with Gasteiger partial charge in [0.2, 0.25) is 11.8 Å². The molecule has 1 N–H and O–H groups in total. The number of nitrogens with one attached hydrogen (secondary N) is 1. The summed E-state index contributed by atoms with van der Waals surface area (Å²) >= 11 is 0. The number of rotatable bonds is 5. The van der Waals surface area contributed by atoms with E-state index in [-0.39, 0.29) is 24.8 Å². The molecule has 4 nitrogen and oxygen atoms in total. The first-order valence-electron chi connectivity index (χ1n) is 7.77. The normalized spacial score (nSPS) is 10.3. The number of halogens is 1. The van der Waals surface area contributed by atoms with E-state index in [0.717, 1.165) is 16.8 Å². The molecule has 0 unspecified atom stereocenters. The van der Waals surface area contributed by atoms with Crippen LogP contribution >= 0.6 is 0 Å². The standard InChI is InChI=1S/C19H21FN2O2/c1-13-9-14(2)11-17(10-13)21-19(24)7-8-22(15(3)23)18-6-4-5-16(20)12-18/h4-6,9-12H,7-8H2,1-3H3,(H,21,24). The van der Waals surface area contributed by atoms with Crippen molar-refractivity contribution in [2.24, 2.45) is 0 Å². The lowest BCUT2D eigenvalue weighted by molar-refractivity contribution is -0.117. The fourth-order valence-corrected chi connectivity index (χ4v) is 2.60. The Morgan fingerprint density at radius 1 is 1.08 bits per heavy atom. The smallest absolute Gasteiger partial charge is 0.226 e. The number of carbonyl (C=O) groups is 2. The molecule has 126 valence electrons. The first-order valence-corrected chi connectivity index (χ1v) is 7.77. The SMILES string of the molecule is CC(=O)N(CCC(=O)Nc1cc(C)cc(C)c1)c1cccc(F)c1. The third kappa shape index (κ3) is 4.91. The maximum atomic E-state index is 13.3. The Kier molecular flexibility index (Phi) is 5.68. The lowest BCUT2D eigenvalue weighted by atomic mass is 10.1. The predicted molar refractivity (Wildman–Crippen MR) is 93.6 cm³/mol. The topological polar surface area (TPSA) is 49.4 Å². The molecule has 0 aliphatic rings. The summed E-state index contributed by atoms with van der Waals surface area (Å²) in [6.07, 6.45) is 0.128. The molecule has 0 radical (unpaired) electrons. The highest BCUT2D eigenvalue weighted by molar-refractivity contribution is 5.94. The molecular formula is C19H21FN2O2. The lowest BCUT2D eigenvalue weighted by Crippen LogP contribution is -2.32. The zero-order valence-corrected chi connectivity index (χ0v) is 14.1. The fourth-order valence-electron chi connectivity index (χ4n) is 2.60. The number of hydrogen-bond acceptors (Lipinski definition) is 2. The van der Waals surface area contributed by atoms with Crippen LogP contribution in [0.5, 0.6) is 0 Å². The summed E-state index contributed by atoms with van der Waals surface area (Å²) in [5.41, 5.74) is 3.31. The van der Waals surface area contributed by atoms with Gasteiger partial charge < -0.3 is 10.2 Å². The Balaban J connectivity index is 2.01. The van der Waals surface area contributed by atoms with Gasteiger partial charge >= 0.3 is 0 Å². The Labute approximate surface area is 141 Å². The van der Waals surface area contributed by atoms with Gasteiger partial charge in [0.15, 0.2) is 0 Å². The number of nitrogens with zero attached hydrogens (tertiary/aromatic N) is 1. The van der Waals surface area contributed by atoms with Crippen molar-refractivity contribution in [3.05, 3.63) is 59.4 Å². The van der Waals surface area contributed by atoms with Crippen LogP contribution in [0.3, 0.4) is 0 Å². The summed E-state index contributed by atoms with van der Waals surface area (Å²) in [6, 6.07) is 11.6. The molecule has 2 amide bonds. The van der Waals surface area contributed by atoms with E-state index >= 15 is 0 Å². The van der Waals surface area contributed by atoms with Crippen LogP contribution in [0.15, 0.2) is 42.5 Å². The monoisotopic (exact) mass is 328 g/mol. The zero-order valence-electron chi connectivity index (χ0n) is 14.1. The Hall–Kier alpha value is -2.69. The van der Waals surface area contributed by atoms with E-state index in [4.69, 9.17) is 0 Å². The van der Waals surface area contributed by atoms with Crippen LogP contribution in [0.2, 0.25) is 0 Å². The van der Waals surface area contributed by atoms with Crippen molar-refractivity contribution in [2.75, 3.05) is 16.8 Å². The van der Waals surface area contributed by atoms with E-state index < -0.39 is 5.82 Å². The van der Waals surface area contributed by atoms with Crippen LogP contribution in [0.25, 0.3) is 0 Å². The van der Waals surface area contributed by atoms with Gasteiger partial charge in [0, 0.05) is 31.3 Å². The van der Waals surface area contributed by atoms with Gasteiger partial charge in [-0.1, -0.05) is 12.1 Å². The van der Waals surface area contributed by atoms with E-state index in [1.165, 1.54) is 30.0 Å². The molecule has 2 aromatic rings. The molecule has 24 heavy (non-hydrogen) atoms. The van der Waals surface area contributed by atoms with Gasteiger partial charge in [0.25, 0.3) is 0 Å². The van der Waals surface area contributed by atoms with E-state index in [2.05, 4.69) is 5.32 Å². The Bertz CT molecular complexity index is 739. The Morgan fingerprint density at radius 2 is 1.75 bits per heavy atom. The minimum atomic E-state index is -0.418. The van der Waals surface area contributed by atoms with Gasteiger partial charge in [-0.05, 0) is 55.3 Å². The largest absolute Gasteiger partial charge is 0.326 e. The summed E-state index contributed by atoms with van der Waals surface area (Å²) in [5.74, 6) is -0.846. The molecule has 0 spiro atoms. The van der Waals surface area contributed by atoms with E-state index in [1.54, 1.807) is 6.07 Å². The van der Waals surface area contributed by atoms with Crippen molar-refractivity contribution >= 4 is 23.2 Å². The molecule has 0 aliphatic heterocycles. The third-order valence-corrected chi connectivity index (χ3v) is 3.57. The maximum absolute atomic E-state index is 13.3. The zero-order chi connectivity index (χ0) is 17.7. The van der Waals surface area contributed by atoms with Crippen LogP contribution in [0.4, 0.5) is 15.8 Å². The fraction of sp³-hybridized carbons (Fsp3) is 0.263. The van der Waals surface area contributed by atoms with Gasteiger partial charge in [-0.2, -0.15) is 0 Å². The van der Waals surface area contributed by atoms with Gasteiger partial charge in [0.1, 0.15) is 5.82 Å².